The van der Waals surface area contributed by atoms with Gasteiger partial charge in [-0.3, -0.25) is 4.79 Å². The highest BCUT2D eigenvalue weighted by molar-refractivity contribution is 7.89. The normalized spacial score (nSPS) is 11.4. The Balaban J connectivity index is 1.72. The van der Waals surface area contributed by atoms with Crippen LogP contribution in [0.3, 0.4) is 0 Å². The van der Waals surface area contributed by atoms with Gasteiger partial charge in [-0.05, 0) is 49.2 Å². The summed E-state index contributed by atoms with van der Waals surface area (Å²) < 4.78 is 32.7. The molecule has 0 saturated heterocycles. The Hall–Kier alpha value is -2.90. The van der Waals surface area contributed by atoms with Crippen molar-refractivity contribution in [3.63, 3.8) is 0 Å². The number of sulfonamides is 1. The predicted molar refractivity (Wildman–Crippen MR) is 106 cm³/mol. The third-order valence-electron chi connectivity index (χ3n) is 4.35. The van der Waals surface area contributed by atoms with Crippen LogP contribution in [0.15, 0.2) is 70.2 Å². The van der Waals surface area contributed by atoms with Crippen LogP contribution in [0.2, 0.25) is 0 Å². The fraction of sp³-hybridized carbons (Fsp3) is 0.190. The topological polar surface area (TPSA) is 88.4 Å². The summed E-state index contributed by atoms with van der Waals surface area (Å²) in [4.78, 5) is 12.6. The Kier molecular flexibility index (Phi) is 5.96. The quantitative estimate of drug-likeness (QED) is 0.639. The van der Waals surface area contributed by atoms with Crippen molar-refractivity contribution >= 4 is 15.9 Å². The van der Waals surface area contributed by atoms with Crippen LogP contribution in [0.25, 0.3) is 0 Å². The molecule has 2 N–H and O–H groups in total. The van der Waals surface area contributed by atoms with E-state index in [9.17, 15) is 13.2 Å². The van der Waals surface area contributed by atoms with Gasteiger partial charge in [-0.2, -0.15) is 0 Å². The molecule has 0 unspecified atom stereocenters. The number of rotatable bonds is 7. The van der Waals surface area contributed by atoms with E-state index in [-0.39, 0.29) is 17.3 Å². The molecule has 0 aliphatic rings. The van der Waals surface area contributed by atoms with Gasteiger partial charge in [0, 0.05) is 12.1 Å². The van der Waals surface area contributed by atoms with Gasteiger partial charge < -0.3 is 9.73 Å². The summed E-state index contributed by atoms with van der Waals surface area (Å²) in [5, 5.41) is 2.84. The first kappa shape index (κ1) is 19.9. The van der Waals surface area contributed by atoms with Gasteiger partial charge in [0.15, 0.2) is 0 Å². The van der Waals surface area contributed by atoms with E-state index in [4.69, 9.17) is 4.42 Å². The molecule has 7 heteroatoms. The fourth-order valence-corrected chi connectivity index (χ4v) is 3.68. The number of hydrogen-bond donors (Lipinski definition) is 2. The van der Waals surface area contributed by atoms with Gasteiger partial charge >= 0.3 is 0 Å². The lowest BCUT2D eigenvalue weighted by molar-refractivity contribution is 0.0950. The monoisotopic (exact) mass is 398 g/mol. The summed E-state index contributed by atoms with van der Waals surface area (Å²) in [5.41, 5.74) is 3.14. The van der Waals surface area contributed by atoms with E-state index in [0.29, 0.717) is 23.4 Å². The molecule has 0 aliphatic heterocycles. The van der Waals surface area contributed by atoms with Gasteiger partial charge in [0.2, 0.25) is 10.0 Å². The van der Waals surface area contributed by atoms with E-state index in [1.807, 2.05) is 31.2 Å². The number of carbonyl (C=O) groups is 1. The average Bonchev–Trinajstić information content (AvgIpc) is 3.20. The SMILES string of the molecule is Cc1ccc(CNC(=O)c2cc(S(=O)(=O)NCc3ccco3)ccc2C)cc1. The van der Waals surface area contributed by atoms with Gasteiger partial charge in [-0.25, -0.2) is 13.1 Å². The number of amides is 1. The summed E-state index contributed by atoms with van der Waals surface area (Å²) in [5.74, 6) is 0.188. The smallest absolute Gasteiger partial charge is 0.251 e. The second-order valence-corrected chi connectivity index (χ2v) is 8.32. The van der Waals surface area contributed by atoms with Gasteiger partial charge in [-0.1, -0.05) is 35.9 Å². The maximum absolute atomic E-state index is 12.6. The van der Waals surface area contributed by atoms with Crippen LogP contribution in [0.5, 0.6) is 0 Å². The van der Waals surface area contributed by atoms with E-state index < -0.39 is 10.0 Å². The second kappa shape index (κ2) is 8.41. The average molecular weight is 398 g/mol. The van der Waals surface area contributed by atoms with Crippen molar-refractivity contribution in [1.29, 1.82) is 0 Å². The summed E-state index contributed by atoms with van der Waals surface area (Å²) in [6, 6.07) is 15.7. The van der Waals surface area contributed by atoms with E-state index in [1.54, 1.807) is 25.1 Å². The van der Waals surface area contributed by atoms with Crippen molar-refractivity contribution in [2.24, 2.45) is 0 Å². The minimum absolute atomic E-state index is 0.0325. The molecule has 146 valence electrons. The molecule has 0 saturated carbocycles. The molecule has 6 nitrogen and oxygen atoms in total. The molecule has 2 aromatic carbocycles. The Labute approximate surface area is 164 Å². The second-order valence-electron chi connectivity index (χ2n) is 6.55. The van der Waals surface area contributed by atoms with Gasteiger partial charge in [0.1, 0.15) is 5.76 Å². The molecule has 0 bridgehead atoms. The molecule has 28 heavy (non-hydrogen) atoms. The maximum atomic E-state index is 12.6. The van der Waals surface area contributed by atoms with Crippen molar-refractivity contribution in [3.8, 4) is 0 Å². The first-order chi connectivity index (χ1) is 13.3. The third-order valence-corrected chi connectivity index (χ3v) is 5.75. The molecule has 3 rings (SSSR count). The maximum Gasteiger partial charge on any atom is 0.251 e. The van der Waals surface area contributed by atoms with Crippen molar-refractivity contribution in [2.45, 2.75) is 31.8 Å². The van der Waals surface area contributed by atoms with Crippen molar-refractivity contribution in [2.75, 3.05) is 0 Å². The van der Waals surface area contributed by atoms with Crippen LogP contribution >= 0.6 is 0 Å². The minimum Gasteiger partial charge on any atom is -0.468 e. The first-order valence-corrected chi connectivity index (χ1v) is 10.3. The zero-order valence-corrected chi connectivity index (χ0v) is 16.5. The zero-order chi connectivity index (χ0) is 20.1. The summed E-state index contributed by atoms with van der Waals surface area (Å²) in [6.45, 7) is 4.18. The highest BCUT2D eigenvalue weighted by Crippen LogP contribution is 2.16. The number of nitrogens with one attached hydrogen (secondary N) is 2. The number of hydrogen-bond acceptors (Lipinski definition) is 4. The Morgan fingerprint density at radius 2 is 1.75 bits per heavy atom. The van der Waals surface area contributed by atoms with Gasteiger partial charge in [0.25, 0.3) is 5.91 Å². The zero-order valence-electron chi connectivity index (χ0n) is 15.7. The van der Waals surface area contributed by atoms with E-state index in [0.717, 1.165) is 11.1 Å². The van der Waals surface area contributed by atoms with Crippen LogP contribution in [0.1, 0.15) is 32.8 Å². The number of benzene rings is 2. The molecule has 0 spiro atoms. The number of furan rings is 1. The van der Waals surface area contributed by atoms with Crippen LogP contribution in [0.4, 0.5) is 0 Å². The number of aryl methyl sites for hydroxylation is 2. The van der Waals surface area contributed by atoms with Crippen LogP contribution in [-0.4, -0.2) is 14.3 Å². The molecule has 1 heterocycles. The highest BCUT2D eigenvalue weighted by atomic mass is 32.2. The van der Waals surface area contributed by atoms with E-state index in [1.165, 1.54) is 18.4 Å². The molecule has 0 radical (unpaired) electrons. The van der Waals surface area contributed by atoms with Crippen molar-refractivity contribution in [3.05, 3.63) is 88.9 Å². The lowest BCUT2D eigenvalue weighted by Crippen LogP contribution is -2.26. The summed E-state index contributed by atoms with van der Waals surface area (Å²) in [7, 11) is -3.77. The first-order valence-electron chi connectivity index (χ1n) is 8.81. The van der Waals surface area contributed by atoms with Crippen LogP contribution < -0.4 is 10.0 Å². The molecular formula is C21H22N2O4S. The third kappa shape index (κ3) is 4.88. The molecule has 1 aromatic heterocycles. The molecule has 0 atom stereocenters. The van der Waals surface area contributed by atoms with Crippen molar-refractivity contribution < 1.29 is 17.6 Å². The highest BCUT2D eigenvalue weighted by Gasteiger charge is 2.18. The van der Waals surface area contributed by atoms with E-state index >= 15 is 0 Å². The van der Waals surface area contributed by atoms with Crippen LogP contribution in [0, 0.1) is 13.8 Å². The van der Waals surface area contributed by atoms with Crippen LogP contribution in [-0.2, 0) is 23.1 Å². The molecular weight excluding hydrogens is 376 g/mol. The minimum atomic E-state index is -3.77. The predicted octanol–water partition coefficient (Wildman–Crippen LogP) is 3.30. The summed E-state index contributed by atoms with van der Waals surface area (Å²) in [6.07, 6.45) is 1.48. The molecule has 3 aromatic rings. The Morgan fingerprint density at radius 3 is 2.43 bits per heavy atom. The Bertz CT molecular complexity index is 1060. The number of carbonyl (C=O) groups excluding carboxylic acids is 1. The summed E-state index contributed by atoms with van der Waals surface area (Å²) >= 11 is 0. The van der Waals surface area contributed by atoms with Gasteiger partial charge in [-0.15, -0.1) is 0 Å². The molecule has 0 aliphatic carbocycles. The lowest BCUT2D eigenvalue weighted by Gasteiger charge is -2.11. The molecule has 1 amide bonds. The standard InChI is InChI=1S/C21H22N2O4S/c1-15-5-8-17(9-6-15)13-22-21(24)20-12-19(10-7-16(20)2)28(25,26)23-14-18-4-3-11-27-18/h3-12,23H,13-14H2,1-2H3,(H,22,24). The fourth-order valence-electron chi connectivity index (χ4n) is 2.66. The lowest BCUT2D eigenvalue weighted by atomic mass is 10.1. The van der Waals surface area contributed by atoms with Crippen molar-refractivity contribution in [1.82, 2.24) is 10.0 Å². The largest absolute Gasteiger partial charge is 0.468 e. The molecule has 0 fully saturated rings. The Morgan fingerprint density at radius 1 is 1.00 bits per heavy atom. The van der Waals surface area contributed by atoms with Gasteiger partial charge in [0.05, 0.1) is 17.7 Å². The van der Waals surface area contributed by atoms with E-state index in [2.05, 4.69) is 10.0 Å².